The molecule has 1 aliphatic rings. The minimum Gasteiger partial charge on any atom is -0.438 e. The molecule has 7 heteroatoms. The van der Waals surface area contributed by atoms with Gasteiger partial charge in [0.25, 0.3) is 5.91 Å². The van der Waals surface area contributed by atoms with Crippen LogP contribution >= 0.6 is 22.9 Å². The minimum absolute atomic E-state index is 0.00397. The molecule has 20 heavy (non-hydrogen) atoms. The zero-order chi connectivity index (χ0) is 14.2. The third kappa shape index (κ3) is 2.45. The van der Waals surface area contributed by atoms with Crippen LogP contribution in [-0.4, -0.2) is 33.9 Å². The SMILES string of the molecule is CC1(c2ncc(Cl)s2)CCN(C(=O)c2cnco2)CC1. The van der Waals surface area contributed by atoms with Gasteiger partial charge in [0.1, 0.15) is 9.34 Å². The van der Waals surface area contributed by atoms with Crippen LogP contribution in [0, 0.1) is 0 Å². The highest BCUT2D eigenvalue weighted by molar-refractivity contribution is 7.15. The Kier molecular flexibility index (Phi) is 3.52. The highest BCUT2D eigenvalue weighted by Gasteiger charge is 2.36. The number of hydrogen-bond donors (Lipinski definition) is 0. The summed E-state index contributed by atoms with van der Waals surface area (Å²) in [6.45, 7) is 3.55. The van der Waals surface area contributed by atoms with E-state index in [2.05, 4.69) is 16.9 Å². The minimum atomic E-state index is -0.0956. The number of thiazole rings is 1. The molecule has 0 saturated carbocycles. The van der Waals surface area contributed by atoms with E-state index in [0.717, 1.165) is 17.8 Å². The van der Waals surface area contributed by atoms with Gasteiger partial charge in [0.15, 0.2) is 6.39 Å². The lowest BCUT2D eigenvalue weighted by Gasteiger charge is -2.37. The van der Waals surface area contributed by atoms with Gasteiger partial charge in [-0.2, -0.15) is 0 Å². The van der Waals surface area contributed by atoms with Gasteiger partial charge < -0.3 is 9.32 Å². The van der Waals surface area contributed by atoms with Gasteiger partial charge in [0, 0.05) is 18.5 Å². The first-order valence-electron chi connectivity index (χ1n) is 6.38. The lowest BCUT2D eigenvalue weighted by Crippen LogP contribution is -2.43. The summed E-state index contributed by atoms with van der Waals surface area (Å²) in [6, 6.07) is 0. The highest BCUT2D eigenvalue weighted by atomic mass is 35.5. The van der Waals surface area contributed by atoms with Crippen molar-refractivity contribution in [1.82, 2.24) is 14.9 Å². The molecule has 0 spiro atoms. The Balaban J connectivity index is 1.69. The van der Waals surface area contributed by atoms with Gasteiger partial charge in [-0.05, 0) is 12.8 Å². The molecule has 0 atom stereocenters. The summed E-state index contributed by atoms with van der Waals surface area (Å²) in [7, 11) is 0. The lowest BCUT2D eigenvalue weighted by atomic mass is 9.81. The maximum Gasteiger partial charge on any atom is 0.291 e. The van der Waals surface area contributed by atoms with Crippen molar-refractivity contribution in [3.8, 4) is 0 Å². The van der Waals surface area contributed by atoms with Crippen molar-refractivity contribution >= 4 is 28.8 Å². The average Bonchev–Trinajstić information content (AvgIpc) is 3.10. The number of aromatic nitrogens is 2. The number of oxazole rings is 1. The van der Waals surface area contributed by atoms with Crippen LogP contribution < -0.4 is 0 Å². The lowest BCUT2D eigenvalue weighted by molar-refractivity contribution is 0.0644. The molecule has 0 aromatic carbocycles. The summed E-state index contributed by atoms with van der Waals surface area (Å²) in [6.07, 6.45) is 6.17. The van der Waals surface area contributed by atoms with Crippen molar-refractivity contribution in [2.75, 3.05) is 13.1 Å². The summed E-state index contributed by atoms with van der Waals surface area (Å²) in [5.41, 5.74) is -0.00397. The summed E-state index contributed by atoms with van der Waals surface area (Å²) in [5, 5.41) is 1.05. The van der Waals surface area contributed by atoms with Crippen molar-refractivity contribution in [1.29, 1.82) is 0 Å². The largest absolute Gasteiger partial charge is 0.438 e. The van der Waals surface area contributed by atoms with E-state index >= 15 is 0 Å². The quantitative estimate of drug-likeness (QED) is 0.855. The molecule has 1 fully saturated rings. The van der Waals surface area contributed by atoms with Crippen molar-refractivity contribution in [3.05, 3.63) is 33.9 Å². The molecule has 3 heterocycles. The first-order valence-corrected chi connectivity index (χ1v) is 7.57. The zero-order valence-electron chi connectivity index (χ0n) is 11.0. The standard InChI is InChI=1S/C13H14ClN3O2S/c1-13(12-16-7-10(14)20-12)2-4-17(5-3-13)11(18)9-6-15-8-19-9/h6-8H,2-5H2,1H3. The van der Waals surface area contributed by atoms with E-state index in [0.29, 0.717) is 23.2 Å². The Morgan fingerprint density at radius 2 is 2.20 bits per heavy atom. The molecule has 0 aliphatic carbocycles. The molecule has 5 nitrogen and oxygen atoms in total. The monoisotopic (exact) mass is 311 g/mol. The van der Waals surface area contributed by atoms with Gasteiger partial charge in [0.05, 0.1) is 12.4 Å². The van der Waals surface area contributed by atoms with Crippen molar-refractivity contribution in [3.63, 3.8) is 0 Å². The van der Waals surface area contributed by atoms with Crippen LogP contribution in [0.25, 0.3) is 0 Å². The van der Waals surface area contributed by atoms with E-state index in [4.69, 9.17) is 16.0 Å². The van der Waals surface area contributed by atoms with Gasteiger partial charge in [-0.1, -0.05) is 18.5 Å². The molecule has 2 aromatic rings. The van der Waals surface area contributed by atoms with Crippen LogP contribution in [0.1, 0.15) is 35.3 Å². The van der Waals surface area contributed by atoms with Gasteiger partial charge in [0.2, 0.25) is 5.76 Å². The fourth-order valence-electron chi connectivity index (χ4n) is 2.43. The summed E-state index contributed by atoms with van der Waals surface area (Å²) >= 11 is 7.48. The predicted octanol–water partition coefficient (Wildman–Crippen LogP) is 2.98. The number of hydrogen-bond acceptors (Lipinski definition) is 5. The van der Waals surface area contributed by atoms with Crippen LogP contribution in [-0.2, 0) is 5.41 Å². The number of halogens is 1. The molecule has 0 unspecified atom stereocenters. The van der Waals surface area contributed by atoms with E-state index in [-0.39, 0.29) is 11.3 Å². The third-order valence-corrected chi connectivity index (χ3v) is 5.21. The number of carbonyl (C=O) groups is 1. The number of amides is 1. The smallest absolute Gasteiger partial charge is 0.291 e. The highest BCUT2D eigenvalue weighted by Crippen LogP contribution is 2.38. The second kappa shape index (κ2) is 5.18. The third-order valence-electron chi connectivity index (χ3n) is 3.79. The van der Waals surface area contributed by atoms with Crippen LogP contribution in [0.5, 0.6) is 0 Å². The molecular weight excluding hydrogens is 298 g/mol. The number of rotatable bonds is 2. The van der Waals surface area contributed by atoms with Crippen LogP contribution in [0.2, 0.25) is 4.34 Å². The van der Waals surface area contributed by atoms with Gasteiger partial charge in [-0.25, -0.2) is 9.97 Å². The molecule has 3 rings (SSSR count). The molecule has 1 amide bonds. The predicted molar refractivity (Wildman–Crippen MR) is 76.1 cm³/mol. The summed E-state index contributed by atoms with van der Waals surface area (Å²) in [4.78, 5) is 22.1. The Bertz CT molecular complexity index is 603. The number of nitrogens with zero attached hydrogens (tertiary/aromatic N) is 3. The molecule has 106 valence electrons. The number of piperidine rings is 1. The van der Waals surface area contributed by atoms with Crippen molar-refractivity contribution in [2.45, 2.75) is 25.2 Å². The van der Waals surface area contributed by atoms with E-state index in [1.165, 1.54) is 23.9 Å². The van der Waals surface area contributed by atoms with E-state index in [9.17, 15) is 4.79 Å². The average molecular weight is 312 g/mol. The zero-order valence-corrected chi connectivity index (χ0v) is 12.6. The first kappa shape index (κ1) is 13.6. The topological polar surface area (TPSA) is 59.2 Å². The normalized spacial score (nSPS) is 18.2. The number of likely N-dealkylation sites (tertiary alicyclic amines) is 1. The Hall–Kier alpha value is -1.40. The fraction of sp³-hybridized carbons (Fsp3) is 0.462. The van der Waals surface area contributed by atoms with Crippen molar-refractivity contribution in [2.24, 2.45) is 0 Å². The molecule has 0 radical (unpaired) electrons. The van der Waals surface area contributed by atoms with Gasteiger partial charge >= 0.3 is 0 Å². The molecule has 2 aromatic heterocycles. The molecule has 0 N–H and O–H groups in total. The van der Waals surface area contributed by atoms with E-state index in [1.54, 1.807) is 11.1 Å². The van der Waals surface area contributed by atoms with E-state index in [1.807, 2.05) is 0 Å². The Labute approximate surface area is 125 Å². The first-order chi connectivity index (χ1) is 9.58. The number of carbonyl (C=O) groups excluding carboxylic acids is 1. The van der Waals surface area contributed by atoms with Crippen LogP contribution in [0.3, 0.4) is 0 Å². The molecule has 1 aliphatic heterocycles. The van der Waals surface area contributed by atoms with Crippen LogP contribution in [0.4, 0.5) is 0 Å². The maximum absolute atomic E-state index is 12.2. The van der Waals surface area contributed by atoms with Crippen LogP contribution in [0.15, 0.2) is 23.2 Å². The fourth-order valence-corrected chi connectivity index (χ4v) is 3.54. The van der Waals surface area contributed by atoms with Gasteiger partial charge in [-0.3, -0.25) is 4.79 Å². The summed E-state index contributed by atoms with van der Waals surface area (Å²) < 4.78 is 5.77. The van der Waals surface area contributed by atoms with E-state index < -0.39 is 0 Å². The molecule has 0 bridgehead atoms. The molecular formula is C13H14ClN3O2S. The Morgan fingerprint density at radius 1 is 1.45 bits per heavy atom. The van der Waals surface area contributed by atoms with Crippen molar-refractivity contribution < 1.29 is 9.21 Å². The van der Waals surface area contributed by atoms with Gasteiger partial charge in [-0.15, -0.1) is 11.3 Å². The maximum atomic E-state index is 12.2. The second-order valence-electron chi connectivity index (χ2n) is 5.19. The second-order valence-corrected chi connectivity index (χ2v) is 6.85. The Morgan fingerprint density at radius 3 is 2.75 bits per heavy atom. The molecule has 1 saturated heterocycles. The summed E-state index contributed by atoms with van der Waals surface area (Å²) in [5.74, 6) is 0.201.